The van der Waals surface area contributed by atoms with Crippen molar-refractivity contribution in [2.75, 3.05) is 19.8 Å². The van der Waals surface area contributed by atoms with Crippen LogP contribution in [0.15, 0.2) is 24.3 Å². The zero-order chi connectivity index (χ0) is 17.2. The molecule has 0 atom stereocenters. The summed E-state index contributed by atoms with van der Waals surface area (Å²) in [5.41, 5.74) is 1.33. The van der Waals surface area contributed by atoms with E-state index in [1.54, 1.807) is 25.1 Å². The Hall–Kier alpha value is -2.90. The third-order valence-corrected chi connectivity index (χ3v) is 2.55. The molecule has 0 aromatic heterocycles. The van der Waals surface area contributed by atoms with Crippen LogP contribution in [-0.2, 0) is 19.1 Å². The van der Waals surface area contributed by atoms with Gasteiger partial charge in [-0.1, -0.05) is 17.7 Å². The first-order valence-corrected chi connectivity index (χ1v) is 6.89. The van der Waals surface area contributed by atoms with Gasteiger partial charge in [0.2, 0.25) is 0 Å². The smallest absolute Gasteiger partial charge is 0.413 e. The molecule has 0 spiro atoms. The highest BCUT2D eigenvalue weighted by Gasteiger charge is 2.13. The van der Waals surface area contributed by atoms with Gasteiger partial charge in [0.25, 0.3) is 11.8 Å². The van der Waals surface area contributed by atoms with Crippen molar-refractivity contribution in [3.8, 4) is 0 Å². The van der Waals surface area contributed by atoms with Crippen molar-refractivity contribution < 1.29 is 28.7 Å². The average Bonchev–Trinajstić information content (AvgIpc) is 2.50. The molecule has 1 rings (SSSR count). The van der Waals surface area contributed by atoms with Crippen molar-refractivity contribution in [3.05, 3.63) is 35.4 Å². The third-order valence-electron chi connectivity index (χ3n) is 2.55. The number of benzene rings is 1. The summed E-state index contributed by atoms with van der Waals surface area (Å²) in [6.45, 7) is 2.51. The fourth-order valence-electron chi connectivity index (χ4n) is 1.55. The molecule has 3 amide bonds. The first-order chi connectivity index (χ1) is 10.9. The van der Waals surface area contributed by atoms with Gasteiger partial charge in [-0.15, -0.1) is 0 Å². The number of imide groups is 1. The predicted octanol–water partition coefficient (Wildman–Crippen LogP) is 0.541. The maximum atomic E-state index is 11.8. The number of alkyl carbamates (subject to hydrolysis) is 1. The van der Waals surface area contributed by atoms with E-state index in [2.05, 4.69) is 14.8 Å². The van der Waals surface area contributed by atoms with Crippen molar-refractivity contribution in [1.82, 2.24) is 10.6 Å². The molecule has 0 saturated carbocycles. The second-order valence-corrected chi connectivity index (χ2v) is 4.48. The standard InChI is InChI=1S/C15H18N2O6/c1-3-22-15(21)17-12(18)9-23-13(19)8-16-14(20)11-6-4-5-10(2)7-11/h4-7H,3,8-9H2,1-2H3,(H,16,20)(H,17,18,21). The molecule has 124 valence electrons. The van der Waals surface area contributed by atoms with Crippen LogP contribution in [0.5, 0.6) is 0 Å². The van der Waals surface area contributed by atoms with Gasteiger partial charge in [-0.25, -0.2) is 4.79 Å². The molecule has 0 bridgehead atoms. The fraction of sp³-hybridized carbons (Fsp3) is 0.333. The lowest BCUT2D eigenvalue weighted by atomic mass is 10.1. The van der Waals surface area contributed by atoms with E-state index in [-0.39, 0.29) is 13.2 Å². The second-order valence-electron chi connectivity index (χ2n) is 4.48. The Labute approximate surface area is 133 Å². The largest absolute Gasteiger partial charge is 0.454 e. The number of carbonyl (C=O) groups excluding carboxylic acids is 4. The van der Waals surface area contributed by atoms with Crippen LogP contribution in [0.3, 0.4) is 0 Å². The van der Waals surface area contributed by atoms with Crippen LogP contribution in [0.1, 0.15) is 22.8 Å². The molecule has 0 aliphatic rings. The van der Waals surface area contributed by atoms with Crippen molar-refractivity contribution in [2.24, 2.45) is 0 Å². The van der Waals surface area contributed by atoms with E-state index in [9.17, 15) is 19.2 Å². The summed E-state index contributed by atoms with van der Waals surface area (Å²) in [4.78, 5) is 45.4. The molecule has 0 unspecified atom stereocenters. The number of ether oxygens (including phenoxy) is 2. The molecule has 0 aliphatic heterocycles. The predicted molar refractivity (Wildman–Crippen MR) is 79.6 cm³/mol. The molecule has 0 heterocycles. The highest BCUT2D eigenvalue weighted by atomic mass is 16.6. The van der Waals surface area contributed by atoms with Crippen LogP contribution in [-0.4, -0.2) is 43.6 Å². The summed E-state index contributed by atoms with van der Waals surface area (Å²) in [5.74, 6) is -2.05. The fourth-order valence-corrected chi connectivity index (χ4v) is 1.55. The highest BCUT2D eigenvalue weighted by molar-refractivity contribution is 5.96. The Morgan fingerprint density at radius 1 is 1.13 bits per heavy atom. The Morgan fingerprint density at radius 2 is 1.87 bits per heavy atom. The SMILES string of the molecule is CCOC(=O)NC(=O)COC(=O)CNC(=O)c1cccc(C)c1. The number of hydrogen-bond acceptors (Lipinski definition) is 6. The van der Waals surface area contributed by atoms with E-state index in [1.165, 1.54) is 0 Å². The van der Waals surface area contributed by atoms with Crippen LogP contribution in [0.4, 0.5) is 4.79 Å². The normalized spacial score (nSPS) is 9.65. The Balaban J connectivity index is 2.30. The number of rotatable bonds is 6. The number of amides is 3. The molecular formula is C15H18N2O6. The number of esters is 1. The molecule has 8 heteroatoms. The molecule has 0 aliphatic carbocycles. The van der Waals surface area contributed by atoms with Crippen molar-refractivity contribution in [3.63, 3.8) is 0 Å². The maximum Gasteiger partial charge on any atom is 0.413 e. The van der Waals surface area contributed by atoms with Crippen LogP contribution in [0.25, 0.3) is 0 Å². The van der Waals surface area contributed by atoms with E-state index in [0.717, 1.165) is 5.56 Å². The zero-order valence-electron chi connectivity index (χ0n) is 12.9. The summed E-state index contributed by atoms with van der Waals surface area (Å²) in [6.07, 6.45) is -0.915. The maximum absolute atomic E-state index is 11.8. The molecule has 23 heavy (non-hydrogen) atoms. The van der Waals surface area contributed by atoms with E-state index in [1.807, 2.05) is 18.3 Å². The van der Waals surface area contributed by atoms with Gasteiger partial charge >= 0.3 is 12.1 Å². The molecule has 2 N–H and O–H groups in total. The van der Waals surface area contributed by atoms with E-state index in [4.69, 9.17) is 0 Å². The number of carbonyl (C=O) groups is 4. The van der Waals surface area contributed by atoms with E-state index < -0.39 is 30.5 Å². The molecule has 1 aromatic carbocycles. The van der Waals surface area contributed by atoms with Crippen LogP contribution < -0.4 is 10.6 Å². The molecule has 8 nitrogen and oxygen atoms in total. The van der Waals surface area contributed by atoms with Crippen molar-refractivity contribution >= 4 is 23.9 Å². The minimum Gasteiger partial charge on any atom is -0.454 e. The van der Waals surface area contributed by atoms with Crippen LogP contribution in [0.2, 0.25) is 0 Å². The topological polar surface area (TPSA) is 111 Å². The van der Waals surface area contributed by atoms with Crippen molar-refractivity contribution in [1.29, 1.82) is 0 Å². The minimum absolute atomic E-state index is 0.115. The lowest BCUT2D eigenvalue weighted by Crippen LogP contribution is -2.36. The quantitative estimate of drug-likeness (QED) is 0.740. The molecule has 0 fully saturated rings. The van der Waals surface area contributed by atoms with Gasteiger partial charge in [0.05, 0.1) is 6.61 Å². The lowest BCUT2D eigenvalue weighted by Gasteiger charge is -2.07. The monoisotopic (exact) mass is 322 g/mol. The third kappa shape index (κ3) is 7.07. The first kappa shape index (κ1) is 18.1. The van der Waals surface area contributed by atoms with Crippen molar-refractivity contribution in [2.45, 2.75) is 13.8 Å². The number of aryl methyl sites for hydroxylation is 1. The van der Waals surface area contributed by atoms with Gasteiger partial charge in [0.1, 0.15) is 6.54 Å². The van der Waals surface area contributed by atoms with E-state index in [0.29, 0.717) is 5.56 Å². The van der Waals surface area contributed by atoms with Gasteiger partial charge in [-0.3, -0.25) is 19.7 Å². The Kier molecular flexibility index (Phi) is 7.25. The highest BCUT2D eigenvalue weighted by Crippen LogP contribution is 2.03. The second kappa shape index (κ2) is 9.19. The summed E-state index contributed by atoms with van der Waals surface area (Å²) in [6, 6.07) is 6.85. The minimum atomic E-state index is -0.915. The molecule has 0 saturated heterocycles. The van der Waals surface area contributed by atoms with Gasteiger partial charge < -0.3 is 14.8 Å². The van der Waals surface area contributed by atoms with Crippen LogP contribution in [0, 0.1) is 6.92 Å². The Bertz CT molecular complexity index is 599. The first-order valence-electron chi connectivity index (χ1n) is 6.89. The van der Waals surface area contributed by atoms with Crippen LogP contribution >= 0.6 is 0 Å². The zero-order valence-corrected chi connectivity index (χ0v) is 12.9. The van der Waals surface area contributed by atoms with Gasteiger partial charge in [0, 0.05) is 5.56 Å². The number of nitrogens with one attached hydrogen (secondary N) is 2. The summed E-state index contributed by atoms with van der Waals surface area (Å²) in [5, 5.41) is 4.24. The molecular weight excluding hydrogens is 304 g/mol. The lowest BCUT2D eigenvalue weighted by molar-refractivity contribution is -0.147. The average molecular weight is 322 g/mol. The summed E-state index contributed by atoms with van der Waals surface area (Å²) < 4.78 is 9.11. The van der Waals surface area contributed by atoms with Gasteiger partial charge in [-0.05, 0) is 26.0 Å². The summed E-state index contributed by atoms with van der Waals surface area (Å²) in [7, 11) is 0. The number of hydrogen-bond donors (Lipinski definition) is 2. The molecule has 1 aromatic rings. The Morgan fingerprint density at radius 3 is 2.52 bits per heavy atom. The molecule has 0 radical (unpaired) electrons. The van der Waals surface area contributed by atoms with Gasteiger partial charge in [-0.2, -0.15) is 0 Å². The van der Waals surface area contributed by atoms with E-state index >= 15 is 0 Å². The summed E-state index contributed by atoms with van der Waals surface area (Å²) >= 11 is 0. The van der Waals surface area contributed by atoms with Gasteiger partial charge in [0.15, 0.2) is 6.61 Å².